The van der Waals surface area contributed by atoms with E-state index in [2.05, 4.69) is 0 Å². The number of fused-ring (bicyclic) bond motifs is 1. The molecule has 6 nitrogen and oxygen atoms in total. The predicted molar refractivity (Wildman–Crippen MR) is 109 cm³/mol. The standard InChI is InChI=1S/C23H13ClN2O4/c24-17-6-8-18(9-7-17)26-21(27)19-10-5-16(11-20(19)22(26)28)23(29)30-13-15-3-1-14(12-25)2-4-15/h1-11H,13H2. The number of esters is 1. The summed E-state index contributed by atoms with van der Waals surface area (Å²) in [5, 5.41) is 9.31. The van der Waals surface area contributed by atoms with Crippen LogP contribution in [0.5, 0.6) is 0 Å². The van der Waals surface area contributed by atoms with E-state index < -0.39 is 17.8 Å². The topological polar surface area (TPSA) is 87.5 Å². The fourth-order valence-electron chi connectivity index (χ4n) is 3.10. The Hall–Kier alpha value is -3.95. The molecule has 0 aromatic heterocycles. The van der Waals surface area contributed by atoms with Crippen LogP contribution in [-0.4, -0.2) is 17.8 Å². The van der Waals surface area contributed by atoms with Crippen molar-refractivity contribution < 1.29 is 19.1 Å². The summed E-state index contributed by atoms with van der Waals surface area (Å²) in [6.07, 6.45) is 0. The molecule has 0 bridgehead atoms. The van der Waals surface area contributed by atoms with Crippen LogP contribution in [0, 0.1) is 11.3 Å². The fraction of sp³-hybridized carbons (Fsp3) is 0.0435. The molecule has 0 spiro atoms. The van der Waals surface area contributed by atoms with Crippen LogP contribution in [0.4, 0.5) is 5.69 Å². The molecule has 4 rings (SSSR count). The van der Waals surface area contributed by atoms with Gasteiger partial charge in [-0.3, -0.25) is 9.59 Å². The molecule has 1 aliphatic rings. The average molecular weight is 417 g/mol. The average Bonchev–Trinajstić information content (AvgIpc) is 3.02. The number of rotatable bonds is 4. The lowest BCUT2D eigenvalue weighted by Gasteiger charge is -2.13. The van der Waals surface area contributed by atoms with E-state index in [4.69, 9.17) is 21.6 Å². The van der Waals surface area contributed by atoms with Crippen molar-refractivity contribution >= 4 is 35.1 Å². The number of hydrogen-bond acceptors (Lipinski definition) is 5. The first-order chi connectivity index (χ1) is 14.5. The monoisotopic (exact) mass is 416 g/mol. The van der Waals surface area contributed by atoms with E-state index in [1.165, 1.54) is 18.2 Å². The van der Waals surface area contributed by atoms with E-state index in [0.717, 1.165) is 10.5 Å². The highest BCUT2D eigenvalue weighted by molar-refractivity contribution is 6.35. The van der Waals surface area contributed by atoms with Gasteiger partial charge < -0.3 is 4.74 Å². The van der Waals surface area contributed by atoms with Crippen LogP contribution in [0.25, 0.3) is 0 Å². The molecule has 146 valence electrons. The number of anilines is 1. The number of carbonyl (C=O) groups excluding carboxylic acids is 3. The minimum absolute atomic E-state index is 0.0192. The van der Waals surface area contributed by atoms with Crippen LogP contribution >= 0.6 is 11.6 Å². The van der Waals surface area contributed by atoms with Crippen molar-refractivity contribution in [2.45, 2.75) is 6.61 Å². The molecule has 0 unspecified atom stereocenters. The van der Waals surface area contributed by atoms with Gasteiger partial charge in [0.25, 0.3) is 11.8 Å². The van der Waals surface area contributed by atoms with Gasteiger partial charge in [0, 0.05) is 5.02 Å². The molecule has 0 atom stereocenters. The van der Waals surface area contributed by atoms with Gasteiger partial charge in [0.1, 0.15) is 6.61 Å². The van der Waals surface area contributed by atoms with Crippen molar-refractivity contribution in [1.82, 2.24) is 0 Å². The molecule has 3 aromatic rings. The summed E-state index contributed by atoms with van der Waals surface area (Å²) in [5.74, 6) is -1.60. The van der Waals surface area contributed by atoms with Crippen molar-refractivity contribution in [1.29, 1.82) is 5.26 Å². The van der Waals surface area contributed by atoms with Gasteiger partial charge in [-0.2, -0.15) is 5.26 Å². The Labute approximate surface area is 176 Å². The molecule has 0 saturated heterocycles. The number of nitriles is 1. The second-order valence-corrected chi connectivity index (χ2v) is 7.00. The lowest BCUT2D eigenvalue weighted by Crippen LogP contribution is -2.29. The Balaban J connectivity index is 1.52. The summed E-state index contributed by atoms with van der Waals surface area (Å²) in [4.78, 5) is 38.9. The van der Waals surface area contributed by atoms with E-state index in [1.807, 2.05) is 6.07 Å². The van der Waals surface area contributed by atoms with E-state index in [1.54, 1.807) is 48.5 Å². The number of hydrogen-bond donors (Lipinski definition) is 0. The Morgan fingerprint density at radius 2 is 1.60 bits per heavy atom. The molecular weight excluding hydrogens is 404 g/mol. The minimum atomic E-state index is -0.618. The second-order valence-electron chi connectivity index (χ2n) is 6.57. The van der Waals surface area contributed by atoms with Crippen LogP contribution in [0.1, 0.15) is 42.2 Å². The smallest absolute Gasteiger partial charge is 0.338 e. The molecule has 1 aliphatic heterocycles. The maximum Gasteiger partial charge on any atom is 0.338 e. The summed E-state index contributed by atoms with van der Waals surface area (Å²) in [6.45, 7) is 0.0192. The van der Waals surface area contributed by atoms with Gasteiger partial charge >= 0.3 is 5.97 Å². The van der Waals surface area contributed by atoms with Crippen LogP contribution in [-0.2, 0) is 11.3 Å². The van der Waals surface area contributed by atoms with Crippen molar-refractivity contribution in [2.75, 3.05) is 4.90 Å². The molecule has 1 heterocycles. The highest BCUT2D eigenvalue weighted by Crippen LogP contribution is 2.30. The normalized spacial score (nSPS) is 12.5. The van der Waals surface area contributed by atoms with Gasteiger partial charge in [-0.05, 0) is 60.2 Å². The van der Waals surface area contributed by atoms with Gasteiger partial charge in [-0.15, -0.1) is 0 Å². The van der Waals surface area contributed by atoms with E-state index in [9.17, 15) is 14.4 Å². The van der Waals surface area contributed by atoms with Gasteiger partial charge in [0.2, 0.25) is 0 Å². The van der Waals surface area contributed by atoms with Crippen molar-refractivity contribution in [3.63, 3.8) is 0 Å². The molecule has 0 N–H and O–H groups in total. The zero-order chi connectivity index (χ0) is 21.3. The molecule has 7 heteroatoms. The van der Waals surface area contributed by atoms with Crippen molar-refractivity contribution in [2.24, 2.45) is 0 Å². The zero-order valence-electron chi connectivity index (χ0n) is 15.5. The first-order valence-electron chi connectivity index (χ1n) is 8.92. The zero-order valence-corrected chi connectivity index (χ0v) is 16.2. The number of nitrogens with zero attached hydrogens (tertiary/aromatic N) is 2. The summed E-state index contributed by atoms with van der Waals surface area (Å²) < 4.78 is 5.29. The second kappa shape index (κ2) is 7.82. The first-order valence-corrected chi connectivity index (χ1v) is 9.30. The highest BCUT2D eigenvalue weighted by Gasteiger charge is 2.37. The van der Waals surface area contributed by atoms with Crippen molar-refractivity contribution in [3.05, 3.63) is 99.6 Å². The predicted octanol–water partition coefficient (Wildman–Crippen LogP) is 4.37. The number of imide groups is 1. The lowest BCUT2D eigenvalue weighted by molar-refractivity contribution is 0.0472. The molecule has 30 heavy (non-hydrogen) atoms. The Bertz CT molecular complexity index is 1210. The summed E-state index contributed by atoms with van der Waals surface area (Å²) in [7, 11) is 0. The highest BCUT2D eigenvalue weighted by atomic mass is 35.5. The van der Waals surface area contributed by atoms with Crippen LogP contribution in [0.2, 0.25) is 5.02 Å². The van der Waals surface area contributed by atoms with Crippen LogP contribution < -0.4 is 4.90 Å². The molecule has 3 aromatic carbocycles. The number of amides is 2. The van der Waals surface area contributed by atoms with E-state index in [0.29, 0.717) is 16.3 Å². The molecule has 0 fully saturated rings. The fourth-order valence-corrected chi connectivity index (χ4v) is 3.23. The molecule has 0 aliphatic carbocycles. The Morgan fingerprint density at radius 3 is 2.27 bits per heavy atom. The largest absolute Gasteiger partial charge is 0.457 e. The maximum absolute atomic E-state index is 12.8. The number of carbonyl (C=O) groups is 3. The maximum atomic E-state index is 12.8. The summed E-state index contributed by atoms with van der Waals surface area (Å²) in [5.41, 5.74) is 2.17. The van der Waals surface area contributed by atoms with Gasteiger partial charge in [0.05, 0.1) is 34.0 Å². The number of halogens is 1. The van der Waals surface area contributed by atoms with Crippen LogP contribution in [0.3, 0.4) is 0 Å². The molecule has 0 radical (unpaired) electrons. The summed E-state index contributed by atoms with van der Waals surface area (Å²) >= 11 is 5.87. The third-order valence-corrected chi connectivity index (χ3v) is 4.91. The van der Waals surface area contributed by atoms with Crippen LogP contribution in [0.15, 0.2) is 66.7 Å². The van der Waals surface area contributed by atoms with E-state index in [-0.39, 0.29) is 23.3 Å². The Kier molecular flexibility index (Phi) is 5.05. The van der Waals surface area contributed by atoms with Gasteiger partial charge in [-0.1, -0.05) is 23.7 Å². The summed E-state index contributed by atoms with van der Waals surface area (Å²) in [6, 6.07) is 19.3. The van der Waals surface area contributed by atoms with Gasteiger partial charge in [0.15, 0.2) is 0 Å². The third-order valence-electron chi connectivity index (χ3n) is 4.66. The van der Waals surface area contributed by atoms with Crippen molar-refractivity contribution in [3.8, 4) is 6.07 Å². The molecular formula is C23H13ClN2O4. The minimum Gasteiger partial charge on any atom is -0.457 e. The molecule has 0 saturated carbocycles. The first kappa shape index (κ1) is 19.4. The third kappa shape index (κ3) is 3.54. The lowest BCUT2D eigenvalue weighted by atomic mass is 10.1. The molecule has 2 amide bonds. The quantitative estimate of drug-likeness (QED) is 0.465. The number of benzene rings is 3. The van der Waals surface area contributed by atoms with Gasteiger partial charge in [-0.25, -0.2) is 9.69 Å². The number of ether oxygens (including phenoxy) is 1. The Morgan fingerprint density at radius 1 is 0.933 bits per heavy atom. The SMILES string of the molecule is N#Cc1ccc(COC(=O)c2ccc3c(c2)C(=O)N(c2ccc(Cl)cc2)C3=O)cc1. The van der Waals surface area contributed by atoms with E-state index >= 15 is 0 Å².